The Morgan fingerprint density at radius 1 is 1.30 bits per heavy atom. The number of hydrogen-bond donors (Lipinski definition) is 3. The van der Waals surface area contributed by atoms with Crippen molar-refractivity contribution in [2.45, 2.75) is 25.9 Å². The predicted octanol–water partition coefficient (Wildman–Crippen LogP) is 3.45. The van der Waals surface area contributed by atoms with Gasteiger partial charge in [-0.05, 0) is 49.4 Å². The standard InChI is InChI=1S/C20H30N4OS.HI/c1-15-7-10-24(11-8-15)12-9-22-20(21-2)23-14-17(25)19-13-16-5-3-4-6-18(16)26-19;/h3-6,13,15,17,25H,7-12,14H2,1-2H3,(H2,21,22,23);1H. The molecule has 1 aromatic carbocycles. The van der Waals surface area contributed by atoms with E-state index >= 15 is 0 Å². The van der Waals surface area contributed by atoms with Gasteiger partial charge in [-0.25, -0.2) is 0 Å². The molecule has 1 aromatic heterocycles. The highest BCUT2D eigenvalue weighted by Gasteiger charge is 2.15. The van der Waals surface area contributed by atoms with Gasteiger partial charge in [0, 0.05) is 36.3 Å². The number of rotatable bonds is 6. The molecule has 1 unspecified atom stereocenters. The first-order valence-corrected chi connectivity index (χ1v) is 10.3. The number of nitrogens with zero attached hydrogens (tertiary/aromatic N) is 2. The molecule has 3 N–H and O–H groups in total. The summed E-state index contributed by atoms with van der Waals surface area (Å²) >= 11 is 1.64. The Balaban J connectivity index is 0.00000261. The summed E-state index contributed by atoms with van der Waals surface area (Å²) in [7, 11) is 1.77. The Morgan fingerprint density at radius 3 is 2.74 bits per heavy atom. The van der Waals surface area contributed by atoms with Crippen LogP contribution in [0.2, 0.25) is 0 Å². The van der Waals surface area contributed by atoms with E-state index in [-0.39, 0.29) is 24.0 Å². The van der Waals surface area contributed by atoms with E-state index in [9.17, 15) is 5.11 Å². The molecule has 3 rings (SSSR count). The van der Waals surface area contributed by atoms with E-state index in [1.54, 1.807) is 18.4 Å². The highest BCUT2D eigenvalue weighted by atomic mass is 127. The summed E-state index contributed by atoms with van der Waals surface area (Å²) in [6.07, 6.45) is 2.07. The van der Waals surface area contributed by atoms with Crippen molar-refractivity contribution >= 4 is 51.4 Å². The van der Waals surface area contributed by atoms with Gasteiger partial charge in [-0.15, -0.1) is 35.3 Å². The first kappa shape index (κ1) is 22.4. The normalized spacial score (nSPS) is 17.5. The summed E-state index contributed by atoms with van der Waals surface area (Å²) in [6, 6.07) is 10.3. The number of hydrogen-bond acceptors (Lipinski definition) is 4. The molecule has 1 fully saturated rings. The van der Waals surface area contributed by atoms with Crippen molar-refractivity contribution in [3.05, 3.63) is 35.2 Å². The van der Waals surface area contributed by atoms with Crippen LogP contribution in [-0.4, -0.2) is 55.7 Å². The molecule has 150 valence electrons. The SMILES string of the molecule is CN=C(NCCN1CCC(C)CC1)NCC(O)c1cc2ccccc2s1.I. The average molecular weight is 502 g/mol. The second kappa shape index (κ2) is 11.2. The zero-order valence-corrected chi connectivity index (χ0v) is 19.3. The van der Waals surface area contributed by atoms with E-state index in [1.807, 2.05) is 12.1 Å². The first-order valence-electron chi connectivity index (χ1n) is 9.49. The summed E-state index contributed by atoms with van der Waals surface area (Å²) in [5, 5.41) is 18.2. The lowest BCUT2D eigenvalue weighted by molar-refractivity contribution is 0.184. The quantitative estimate of drug-likeness (QED) is 0.322. The number of benzene rings is 1. The lowest BCUT2D eigenvalue weighted by Crippen LogP contribution is -2.44. The monoisotopic (exact) mass is 502 g/mol. The summed E-state index contributed by atoms with van der Waals surface area (Å²) in [5.74, 6) is 1.61. The molecule has 27 heavy (non-hydrogen) atoms. The van der Waals surface area contributed by atoms with Gasteiger partial charge in [0.1, 0.15) is 6.10 Å². The largest absolute Gasteiger partial charge is 0.386 e. The molecule has 7 heteroatoms. The van der Waals surface area contributed by atoms with E-state index in [2.05, 4.69) is 45.6 Å². The number of aliphatic hydroxyl groups excluding tert-OH is 1. The van der Waals surface area contributed by atoms with E-state index in [4.69, 9.17) is 0 Å². The summed E-state index contributed by atoms with van der Waals surface area (Å²) in [6.45, 7) is 7.08. The van der Waals surface area contributed by atoms with Crippen LogP contribution >= 0.6 is 35.3 Å². The zero-order valence-electron chi connectivity index (χ0n) is 16.1. The summed E-state index contributed by atoms with van der Waals surface area (Å²) in [4.78, 5) is 7.75. The minimum absolute atomic E-state index is 0. The lowest BCUT2D eigenvalue weighted by atomic mass is 9.99. The van der Waals surface area contributed by atoms with Gasteiger partial charge in [-0.1, -0.05) is 25.1 Å². The Bertz CT molecular complexity index is 695. The average Bonchev–Trinajstić information content (AvgIpc) is 3.10. The van der Waals surface area contributed by atoms with Crippen LogP contribution in [0.1, 0.15) is 30.7 Å². The van der Waals surface area contributed by atoms with Crippen LogP contribution in [0.15, 0.2) is 35.3 Å². The van der Waals surface area contributed by atoms with Gasteiger partial charge in [0.2, 0.25) is 0 Å². The summed E-state index contributed by atoms with van der Waals surface area (Å²) < 4.78 is 1.21. The second-order valence-electron chi connectivity index (χ2n) is 7.11. The molecule has 0 radical (unpaired) electrons. The molecule has 0 saturated carbocycles. The van der Waals surface area contributed by atoms with Crippen molar-refractivity contribution in [3.63, 3.8) is 0 Å². The van der Waals surface area contributed by atoms with Crippen LogP contribution in [0, 0.1) is 5.92 Å². The van der Waals surface area contributed by atoms with Crippen molar-refractivity contribution in [1.82, 2.24) is 15.5 Å². The predicted molar refractivity (Wildman–Crippen MR) is 126 cm³/mol. The number of halogens is 1. The maximum atomic E-state index is 10.5. The van der Waals surface area contributed by atoms with E-state index in [0.29, 0.717) is 6.54 Å². The number of piperidine rings is 1. The molecule has 0 amide bonds. The molecule has 0 spiro atoms. The van der Waals surface area contributed by atoms with Gasteiger partial charge in [0.15, 0.2) is 5.96 Å². The van der Waals surface area contributed by atoms with E-state index < -0.39 is 6.10 Å². The number of aliphatic hydroxyl groups is 1. The number of thiophene rings is 1. The van der Waals surface area contributed by atoms with Gasteiger partial charge in [-0.2, -0.15) is 0 Å². The van der Waals surface area contributed by atoms with Crippen LogP contribution in [-0.2, 0) is 0 Å². The molecule has 0 bridgehead atoms. The Kier molecular flexibility index (Phi) is 9.28. The fourth-order valence-corrected chi connectivity index (χ4v) is 4.35. The topological polar surface area (TPSA) is 59.9 Å². The number of likely N-dealkylation sites (tertiary alicyclic amines) is 1. The van der Waals surface area contributed by atoms with Crippen molar-refractivity contribution in [1.29, 1.82) is 0 Å². The summed E-state index contributed by atoms with van der Waals surface area (Å²) in [5.41, 5.74) is 0. The highest BCUT2D eigenvalue weighted by Crippen LogP contribution is 2.29. The molecule has 2 aromatic rings. The molecule has 1 aliphatic heterocycles. The lowest BCUT2D eigenvalue weighted by Gasteiger charge is -2.30. The van der Waals surface area contributed by atoms with Crippen molar-refractivity contribution in [2.75, 3.05) is 39.8 Å². The number of guanidine groups is 1. The third kappa shape index (κ3) is 6.58. The van der Waals surface area contributed by atoms with Crippen LogP contribution in [0.5, 0.6) is 0 Å². The molecule has 1 saturated heterocycles. The number of nitrogens with one attached hydrogen (secondary N) is 2. The third-order valence-electron chi connectivity index (χ3n) is 5.06. The van der Waals surface area contributed by atoms with Crippen molar-refractivity contribution in [3.8, 4) is 0 Å². The van der Waals surface area contributed by atoms with Gasteiger partial charge in [0.25, 0.3) is 0 Å². The molecule has 5 nitrogen and oxygen atoms in total. The van der Waals surface area contributed by atoms with Gasteiger partial charge in [0.05, 0.1) is 0 Å². The maximum absolute atomic E-state index is 10.5. The van der Waals surface area contributed by atoms with Crippen LogP contribution < -0.4 is 10.6 Å². The van der Waals surface area contributed by atoms with Gasteiger partial charge < -0.3 is 20.6 Å². The molecular formula is C20H31IN4OS. The Labute approximate surface area is 183 Å². The van der Waals surface area contributed by atoms with Crippen molar-refractivity contribution in [2.24, 2.45) is 10.9 Å². The number of aliphatic imine (C=N–C) groups is 1. The molecule has 2 heterocycles. The molecule has 1 atom stereocenters. The van der Waals surface area contributed by atoms with Gasteiger partial charge >= 0.3 is 0 Å². The van der Waals surface area contributed by atoms with Crippen LogP contribution in [0.4, 0.5) is 0 Å². The molecule has 0 aliphatic carbocycles. The second-order valence-corrected chi connectivity index (χ2v) is 8.22. The fourth-order valence-electron chi connectivity index (χ4n) is 3.30. The Morgan fingerprint density at radius 2 is 2.04 bits per heavy atom. The van der Waals surface area contributed by atoms with Crippen LogP contribution in [0.25, 0.3) is 10.1 Å². The van der Waals surface area contributed by atoms with Crippen LogP contribution in [0.3, 0.4) is 0 Å². The maximum Gasteiger partial charge on any atom is 0.191 e. The fraction of sp³-hybridized carbons (Fsp3) is 0.550. The Hall–Kier alpha value is -0.900. The minimum Gasteiger partial charge on any atom is -0.386 e. The highest BCUT2D eigenvalue weighted by molar-refractivity contribution is 14.0. The molecule has 1 aliphatic rings. The van der Waals surface area contributed by atoms with Gasteiger partial charge in [-0.3, -0.25) is 4.99 Å². The molecular weight excluding hydrogens is 471 g/mol. The van der Waals surface area contributed by atoms with E-state index in [1.165, 1.54) is 36.0 Å². The third-order valence-corrected chi connectivity index (χ3v) is 6.27. The number of fused-ring (bicyclic) bond motifs is 1. The zero-order chi connectivity index (χ0) is 18.4. The smallest absolute Gasteiger partial charge is 0.191 e. The van der Waals surface area contributed by atoms with Crippen molar-refractivity contribution < 1.29 is 5.11 Å². The van der Waals surface area contributed by atoms with E-state index in [0.717, 1.165) is 29.8 Å². The first-order chi connectivity index (χ1) is 12.7. The minimum atomic E-state index is -0.533.